The third-order valence-corrected chi connectivity index (χ3v) is 5.22. The maximum absolute atomic E-state index is 12.3. The Labute approximate surface area is 180 Å². The minimum absolute atomic E-state index is 0.130. The van der Waals surface area contributed by atoms with Gasteiger partial charge in [0.2, 0.25) is 12.7 Å². The van der Waals surface area contributed by atoms with Gasteiger partial charge in [-0.05, 0) is 41.3 Å². The smallest absolute Gasteiger partial charge is 0.266 e. The Morgan fingerprint density at radius 3 is 2.61 bits per heavy atom. The van der Waals surface area contributed by atoms with Crippen LogP contribution in [0.5, 0.6) is 11.5 Å². The number of nitrogens with one attached hydrogen (secondary N) is 1. The van der Waals surface area contributed by atoms with E-state index >= 15 is 0 Å². The van der Waals surface area contributed by atoms with Crippen LogP contribution >= 0.6 is 0 Å². The van der Waals surface area contributed by atoms with Gasteiger partial charge in [-0.1, -0.05) is 38.1 Å². The van der Waals surface area contributed by atoms with E-state index in [1.165, 1.54) is 16.3 Å². The predicted octanol–water partition coefficient (Wildman–Crippen LogP) is 3.47. The summed E-state index contributed by atoms with van der Waals surface area (Å²) in [6.07, 6.45) is 0.168. The van der Waals surface area contributed by atoms with Crippen LogP contribution in [0.1, 0.15) is 37.3 Å². The standard InChI is InChI=1S/C24H25N3O4/c1-16(2)18-5-3-17(4-6-18)14-25-23(28)11-12-27-24(29)10-8-20(26-27)19-7-9-21-22(13-19)31-15-30-21/h3-10,13,16H,11-12,14-15H2,1-2H3,(H,25,28). The Morgan fingerprint density at radius 2 is 1.84 bits per heavy atom. The molecular formula is C24H25N3O4. The molecule has 1 aromatic heterocycles. The lowest BCUT2D eigenvalue weighted by Crippen LogP contribution is -2.28. The van der Waals surface area contributed by atoms with Gasteiger partial charge >= 0.3 is 0 Å². The Balaban J connectivity index is 1.36. The quantitative estimate of drug-likeness (QED) is 0.634. The summed E-state index contributed by atoms with van der Waals surface area (Å²) in [7, 11) is 0. The van der Waals surface area contributed by atoms with Crippen LogP contribution in [-0.4, -0.2) is 22.5 Å². The predicted molar refractivity (Wildman–Crippen MR) is 117 cm³/mol. The summed E-state index contributed by atoms with van der Waals surface area (Å²) in [5.74, 6) is 1.68. The number of hydrogen-bond acceptors (Lipinski definition) is 5. The zero-order chi connectivity index (χ0) is 21.8. The van der Waals surface area contributed by atoms with Gasteiger partial charge in [0.05, 0.1) is 12.2 Å². The summed E-state index contributed by atoms with van der Waals surface area (Å²) in [5, 5.41) is 7.31. The molecule has 0 spiro atoms. The minimum Gasteiger partial charge on any atom is -0.454 e. The van der Waals surface area contributed by atoms with Gasteiger partial charge in [-0.15, -0.1) is 0 Å². The van der Waals surface area contributed by atoms with Gasteiger partial charge in [0.1, 0.15) is 0 Å². The molecule has 2 aromatic carbocycles. The summed E-state index contributed by atoms with van der Waals surface area (Å²) in [4.78, 5) is 24.5. The van der Waals surface area contributed by atoms with Crippen molar-refractivity contribution in [3.63, 3.8) is 0 Å². The molecule has 7 heteroatoms. The van der Waals surface area contributed by atoms with Crippen LogP contribution in [0.25, 0.3) is 11.3 Å². The second kappa shape index (κ2) is 9.04. The summed E-state index contributed by atoms with van der Waals surface area (Å²) >= 11 is 0. The fraction of sp³-hybridized carbons (Fsp3) is 0.292. The molecule has 2 heterocycles. The van der Waals surface area contributed by atoms with Crippen molar-refractivity contribution in [1.82, 2.24) is 15.1 Å². The first-order valence-electron chi connectivity index (χ1n) is 10.3. The highest BCUT2D eigenvalue weighted by molar-refractivity contribution is 5.75. The van der Waals surface area contributed by atoms with Crippen molar-refractivity contribution in [3.05, 3.63) is 76.1 Å². The van der Waals surface area contributed by atoms with Gasteiger partial charge in [-0.3, -0.25) is 9.59 Å². The number of aryl methyl sites for hydroxylation is 1. The largest absolute Gasteiger partial charge is 0.454 e. The third-order valence-electron chi connectivity index (χ3n) is 5.22. The monoisotopic (exact) mass is 419 g/mol. The maximum atomic E-state index is 12.3. The normalized spacial score (nSPS) is 12.2. The lowest BCUT2D eigenvalue weighted by molar-refractivity contribution is -0.121. The molecule has 3 aromatic rings. The fourth-order valence-corrected chi connectivity index (χ4v) is 3.34. The Bertz CT molecular complexity index is 1140. The van der Waals surface area contributed by atoms with Crippen LogP contribution in [0.4, 0.5) is 0 Å². The van der Waals surface area contributed by atoms with E-state index in [1.807, 2.05) is 30.3 Å². The number of carbonyl (C=O) groups is 1. The van der Waals surface area contributed by atoms with Crippen molar-refractivity contribution in [2.45, 2.75) is 39.3 Å². The van der Waals surface area contributed by atoms with Crippen molar-refractivity contribution >= 4 is 5.91 Å². The van der Waals surface area contributed by atoms with Crippen molar-refractivity contribution in [3.8, 4) is 22.8 Å². The molecule has 1 aliphatic heterocycles. The van der Waals surface area contributed by atoms with Crippen LogP contribution in [0.2, 0.25) is 0 Å². The number of carbonyl (C=O) groups excluding carboxylic acids is 1. The maximum Gasteiger partial charge on any atom is 0.266 e. The number of ether oxygens (including phenoxy) is 2. The first kappa shape index (κ1) is 20.7. The van der Waals surface area contributed by atoms with E-state index in [4.69, 9.17) is 9.47 Å². The van der Waals surface area contributed by atoms with E-state index in [0.29, 0.717) is 29.7 Å². The summed E-state index contributed by atoms with van der Waals surface area (Å²) in [6.45, 7) is 5.15. The third kappa shape index (κ3) is 4.94. The van der Waals surface area contributed by atoms with Crippen LogP contribution in [-0.2, 0) is 17.9 Å². The van der Waals surface area contributed by atoms with E-state index in [0.717, 1.165) is 11.1 Å². The molecule has 4 rings (SSSR count). The molecule has 0 saturated heterocycles. The Hall–Kier alpha value is -3.61. The molecule has 1 N–H and O–H groups in total. The molecule has 0 atom stereocenters. The first-order valence-corrected chi connectivity index (χ1v) is 10.3. The fourth-order valence-electron chi connectivity index (χ4n) is 3.34. The minimum atomic E-state index is -0.249. The number of aromatic nitrogens is 2. The van der Waals surface area contributed by atoms with Crippen molar-refractivity contribution in [1.29, 1.82) is 0 Å². The topological polar surface area (TPSA) is 82.5 Å². The number of benzene rings is 2. The van der Waals surface area contributed by atoms with Gasteiger partial charge in [0.25, 0.3) is 5.56 Å². The molecule has 7 nitrogen and oxygen atoms in total. The molecule has 0 unspecified atom stereocenters. The van der Waals surface area contributed by atoms with E-state index in [1.54, 1.807) is 6.07 Å². The number of fused-ring (bicyclic) bond motifs is 1. The average molecular weight is 419 g/mol. The Morgan fingerprint density at radius 1 is 1.06 bits per heavy atom. The second-order valence-electron chi connectivity index (χ2n) is 7.77. The van der Waals surface area contributed by atoms with E-state index in [2.05, 4.69) is 36.4 Å². The highest BCUT2D eigenvalue weighted by Gasteiger charge is 2.15. The summed E-state index contributed by atoms with van der Waals surface area (Å²) in [5.41, 5.74) is 3.50. The van der Waals surface area contributed by atoms with Crippen LogP contribution in [0.15, 0.2) is 59.4 Å². The van der Waals surface area contributed by atoms with Gasteiger partial charge < -0.3 is 14.8 Å². The van der Waals surface area contributed by atoms with Crippen molar-refractivity contribution in [2.75, 3.05) is 6.79 Å². The van der Waals surface area contributed by atoms with Crippen LogP contribution < -0.4 is 20.3 Å². The summed E-state index contributed by atoms with van der Waals surface area (Å²) < 4.78 is 12.0. The SMILES string of the molecule is CC(C)c1ccc(CNC(=O)CCn2nc(-c3ccc4c(c3)OCO4)ccc2=O)cc1. The highest BCUT2D eigenvalue weighted by atomic mass is 16.7. The molecule has 31 heavy (non-hydrogen) atoms. The lowest BCUT2D eigenvalue weighted by atomic mass is 10.0. The number of nitrogens with zero attached hydrogens (tertiary/aromatic N) is 2. The molecule has 0 radical (unpaired) electrons. The summed E-state index contributed by atoms with van der Waals surface area (Å²) in [6, 6.07) is 16.8. The lowest BCUT2D eigenvalue weighted by Gasteiger charge is -2.10. The van der Waals surface area contributed by atoms with E-state index in [9.17, 15) is 9.59 Å². The molecule has 1 amide bonds. The second-order valence-corrected chi connectivity index (χ2v) is 7.77. The molecule has 160 valence electrons. The number of rotatable bonds is 7. The van der Waals surface area contributed by atoms with E-state index < -0.39 is 0 Å². The highest BCUT2D eigenvalue weighted by Crippen LogP contribution is 2.35. The number of hydrogen-bond donors (Lipinski definition) is 1. The molecular weight excluding hydrogens is 394 g/mol. The van der Waals surface area contributed by atoms with E-state index in [-0.39, 0.29) is 31.2 Å². The molecule has 1 aliphatic rings. The van der Waals surface area contributed by atoms with Crippen LogP contribution in [0.3, 0.4) is 0 Å². The molecule has 0 bridgehead atoms. The van der Waals surface area contributed by atoms with Gasteiger partial charge in [-0.2, -0.15) is 5.10 Å². The molecule has 0 aliphatic carbocycles. The van der Waals surface area contributed by atoms with Gasteiger partial charge in [0.15, 0.2) is 11.5 Å². The van der Waals surface area contributed by atoms with Crippen LogP contribution in [0, 0.1) is 0 Å². The van der Waals surface area contributed by atoms with Crippen molar-refractivity contribution < 1.29 is 14.3 Å². The molecule has 0 fully saturated rings. The van der Waals surface area contributed by atoms with Gasteiger partial charge in [-0.25, -0.2) is 4.68 Å². The zero-order valence-electron chi connectivity index (χ0n) is 17.6. The van der Waals surface area contributed by atoms with Gasteiger partial charge in [0, 0.05) is 24.6 Å². The first-order chi connectivity index (χ1) is 15.0. The number of amides is 1. The average Bonchev–Trinajstić information content (AvgIpc) is 3.25. The molecule has 0 saturated carbocycles. The van der Waals surface area contributed by atoms with Crippen molar-refractivity contribution in [2.24, 2.45) is 0 Å². The Kier molecular flexibility index (Phi) is 6.02. The zero-order valence-corrected chi connectivity index (χ0v) is 17.6.